The van der Waals surface area contributed by atoms with Crippen LogP contribution in [0.3, 0.4) is 0 Å². The summed E-state index contributed by atoms with van der Waals surface area (Å²) < 4.78 is 29.1. The van der Waals surface area contributed by atoms with Gasteiger partial charge in [-0.05, 0) is 36.1 Å². The maximum absolute atomic E-state index is 12.3. The average molecular weight is 369 g/mol. The minimum Gasteiger partial charge on any atom is -0.433 e. The van der Waals surface area contributed by atoms with E-state index in [-0.39, 0.29) is 23.1 Å². The monoisotopic (exact) mass is 369 g/mol. The third-order valence-electron chi connectivity index (χ3n) is 3.04. The Morgan fingerprint density at radius 3 is 2.54 bits per heavy atom. The van der Waals surface area contributed by atoms with Crippen LogP contribution in [0.2, 0.25) is 0 Å². The second kappa shape index (κ2) is 9.54. The fourth-order valence-corrected chi connectivity index (χ4v) is 3.13. The SMILES string of the molecule is CSc1ccc(CSCC(=O)Nc2ccccc2OC(F)F)cc1. The number of hydrogen-bond donors (Lipinski definition) is 1. The zero-order chi connectivity index (χ0) is 17.4. The van der Waals surface area contributed by atoms with Gasteiger partial charge in [-0.25, -0.2) is 0 Å². The average Bonchev–Trinajstić information content (AvgIpc) is 2.57. The lowest BCUT2D eigenvalue weighted by Crippen LogP contribution is -2.15. The number of anilines is 1. The highest BCUT2D eigenvalue weighted by Gasteiger charge is 2.11. The zero-order valence-electron chi connectivity index (χ0n) is 13.0. The maximum atomic E-state index is 12.3. The van der Waals surface area contributed by atoms with Gasteiger partial charge in [-0.15, -0.1) is 23.5 Å². The molecule has 1 amide bonds. The summed E-state index contributed by atoms with van der Waals surface area (Å²) in [6, 6.07) is 14.3. The Balaban J connectivity index is 1.83. The van der Waals surface area contributed by atoms with Crippen molar-refractivity contribution in [2.75, 3.05) is 17.3 Å². The van der Waals surface area contributed by atoms with E-state index in [2.05, 4.69) is 10.1 Å². The molecule has 0 fully saturated rings. The van der Waals surface area contributed by atoms with Gasteiger partial charge in [0, 0.05) is 10.6 Å². The molecule has 0 aliphatic rings. The largest absolute Gasteiger partial charge is 0.433 e. The first-order valence-corrected chi connectivity index (χ1v) is 9.51. The van der Waals surface area contributed by atoms with Gasteiger partial charge in [0.15, 0.2) is 0 Å². The molecule has 0 aliphatic carbocycles. The predicted molar refractivity (Wildman–Crippen MR) is 96.1 cm³/mol. The number of hydrogen-bond acceptors (Lipinski definition) is 4. The number of para-hydroxylation sites is 2. The number of rotatable bonds is 8. The summed E-state index contributed by atoms with van der Waals surface area (Å²) in [4.78, 5) is 13.2. The summed E-state index contributed by atoms with van der Waals surface area (Å²) in [5.41, 5.74) is 1.37. The number of benzene rings is 2. The van der Waals surface area contributed by atoms with Crippen LogP contribution in [0.15, 0.2) is 53.4 Å². The van der Waals surface area contributed by atoms with Gasteiger partial charge in [0.1, 0.15) is 5.75 Å². The summed E-state index contributed by atoms with van der Waals surface area (Å²) in [5, 5.41) is 2.60. The van der Waals surface area contributed by atoms with Crippen LogP contribution in [0.1, 0.15) is 5.56 Å². The van der Waals surface area contributed by atoms with Crippen LogP contribution in [0.5, 0.6) is 5.75 Å². The second-order valence-electron chi connectivity index (χ2n) is 4.76. The molecule has 2 aromatic rings. The Morgan fingerprint density at radius 2 is 1.88 bits per heavy atom. The number of carbonyl (C=O) groups is 1. The number of carbonyl (C=O) groups excluding carboxylic acids is 1. The van der Waals surface area contributed by atoms with Crippen LogP contribution < -0.4 is 10.1 Å². The van der Waals surface area contributed by atoms with E-state index in [0.29, 0.717) is 5.75 Å². The summed E-state index contributed by atoms with van der Waals surface area (Å²) >= 11 is 3.14. The van der Waals surface area contributed by atoms with Crippen molar-refractivity contribution in [3.05, 3.63) is 54.1 Å². The molecule has 128 valence electrons. The summed E-state index contributed by atoms with van der Waals surface area (Å²) in [6.45, 7) is -2.93. The first-order valence-electron chi connectivity index (χ1n) is 7.13. The quantitative estimate of drug-likeness (QED) is 0.673. The van der Waals surface area contributed by atoms with Crippen molar-refractivity contribution in [1.82, 2.24) is 0 Å². The lowest BCUT2D eigenvalue weighted by atomic mass is 10.2. The standard InChI is InChI=1S/C17H17F2NO2S2/c1-23-13-8-6-12(7-9-13)10-24-11-16(21)20-14-4-2-3-5-15(14)22-17(18)19/h2-9,17H,10-11H2,1H3,(H,20,21). The van der Waals surface area contributed by atoms with Crippen molar-refractivity contribution in [3.63, 3.8) is 0 Å². The summed E-state index contributed by atoms with van der Waals surface area (Å²) in [7, 11) is 0. The van der Waals surface area contributed by atoms with Gasteiger partial charge in [-0.2, -0.15) is 8.78 Å². The molecule has 2 aromatic carbocycles. The molecule has 3 nitrogen and oxygen atoms in total. The van der Waals surface area contributed by atoms with Crippen molar-refractivity contribution in [3.8, 4) is 5.75 Å². The van der Waals surface area contributed by atoms with Gasteiger partial charge in [0.25, 0.3) is 0 Å². The molecular formula is C17H17F2NO2S2. The number of ether oxygens (including phenoxy) is 1. The highest BCUT2D eigenvalue weighted by molar-refractivity contribution is 7.99. The highest BCUT2D eigenvalue weighted by atomic mass is 32.2. The van der Waals surface area contributed by atoms with Crippen LogP contribution in [-0.4, -0.2) is 24.5 Å². The summed E-state index contributed by atoms with van der Waals surface area (Å²) in [5.74, 6) is 0.634. The lowest BCUT2D eigenvalue weighted by molar-refractivity contribution is -0.113. The number of amides is 1. The normalized spacial score (nSPS) is 10.7. The van der Waals surface area contributed by atoms with Crippen LogP contribution in [0.25, 0.3) is 0 Å². The Labute approximate surface area is 148 Å². The van der Waals surface area contributed by atoms with Gasteiger partial charge in [-0.3, -0.25) is 4.79 Å². The van der Waals surface area contributed by atoms with Gasteiger partial charge < -0.3 is 10.1 Å². The third-order valence-corrected chi connectivity index (χ3v) is 4.79. The van der Waals surface area contributed by atoms with E-state index in [1.165, 1.54) is 28.8 Å². The van der Waals surface area contributed by atoms with Crippen molar-refractivity contribution in [1.29, 1.82) is 0 Å². The molecule has 2 rings (SSSR count). The molecular weight excluding hydrogens is 352 g/mol. The molecule has 0 atom stereocenters. The first-order chi connectivity index (χ1) is 11.6. The third kappa shape index (κ3) is 6.05. The topological polar surface area (TPSA) is 38.3 Å². The van der Waals surface area contributed by atoms with E-state index >= 15 is 0 Å². The number of nitrogens with one attached hydrogen (secondary N) is 1. The molecule has 0 spiro atoms. The molecule has 0 aromatic heterocycles. The molecule has 7 heteroatoms. The molecule has 0 radical (unpaired) electrons. The smallest absolute Gasteiger partial charge is 0.387 e. The van der Waals surface area contributed by atoms with E-state index < -0.39 is 6.61 Å². The van der Waals surface area contributed by atoms with Crippen molar-refractivity contribution in [2.45, 2.75) is 17.3 Å². The van der Waals surface area contributed by atoms with Crippen LogP contribution in [-0.2, 0) is 10.5 Å². The van der Waals surface area contributed by atoms with E-state index in [4.69, 9.17) is 0 Å². The van der Waals surface area contributed by atoms with Crippen molar-refractivity contribution < 1.29 is 18.3 Å². The van der Waals surface area contributed by atoms with Crippen molar-refractivity contribution in [2.24, 2.45) is 0 Å². The molecule has 0 bridgehead atoms. The van der Waals surface area contributed by atoms with E-state index in [9.17, 15) is 13.6 Å². The number of thioether (sulfide) groups is 2. The predicted octanol–water partition coefficient (Wildman–Crippen LogP) is 4.88. The van der Waals surface area contributed by atoms with Gasteiger partial charge in [-0.1, -0.05) is 24.3 Å². The molecule has 0 unspecified atom stereocenters. The number of alkyl halides is 2. The Kier molecular flexibility index (Phi) is 7.39. The minimum absolute atomic E-state index is 0.0431. The van der Waals surface area contributed by atoms with E-state index in [1.807, 2.05) is 30.5 Å². The number of halogens is 2. The highest BCUT2D eigenvalue weighted by Crippen LogP contribution is 2.26. The molecule has 0 heterocycles. The van der Waals surface area contributed by atoms with Gasteiger partial charge in [0.2, 0.25) is 5.91 Å². The van der Waals surface area contributed by atoms with Crippen LogP contribution >= 0.6 is 23.5 Å². The van der Waals surface area contributed by atoms with Gasteiger partial charge in [0.05, 0.1) is 11.4 Å². The van der Waals surface area contributed by atoms with E-state index in [1.54, 1.807) is 23.9 Å². The zero-order valence-corrected chi connectivity index (χ0v) is 14.6. The minimum atomic E-state index is -2.93. The molecule has 1 N–H and O–H groups in total. The Bertz CT molecular complexity index is 666. The van der Waals surface area contributed by atoms with E-state index in [0.717, 1.165) is 5.56 Å². The van der Waals surface area contributed by atoms with Gasteiger partial charge >= 0.3 is 6.61 Å². The molecule has 0 aliphatic heterocycles. The summed E-state index contributed by atoms with van der Waals surface area (Å²) in [6.07, 6.45) is 2.02. The Morgan fingerprint density at radius 1 is 1.17 bits per heavy atom. The lowest BCUT2D eigenvalue weighted by Gasteiger charge is -2.11. The van der Waals surface area contributed by atoms with Crippen LogP contribution in [0, 0.1) is 0 Å². The molecule has 0 saturated heterocycles. The molecule has 24 heavy (non-hydrogen) atoms. The Hall–Kier alpha value is -1.73. The van der Waals surface area contributed by atoms with Crippen molar-refractivity contribution >= 4 is 35.1 Å². The first kappa shape index (κ1) is 18.6. The van der Waals surface area contributed by atoms with Crippen LogP contribution in [0.4, 0.5) is 14.5 Å². The second-order valence-corrected chi connectivity index (χ2v) is 6.63. The fraction of sp³-hybridized carbons (Fsp3) is 0.235. The molecule has 0 saturated carbocycles. The fourth-order valence-electron chi connectivity index (χ4n) is 1.94. The maximum Gasteiger partial charge on any atom is 0.387 e.